The first-order valence-corrected chi connectivity index (χ1v) is 10.2. The lowest BCUT2D eigenvalue weighted by atomic mass is 9.97. The molecule has 0 radical (unpaired) electrons. The summed E-state index contributed by atoms with van der Waals surface area (Å²) in [6.07, 6.45) is 3.79. The number of hydrogen-bond acceptors (Lipinski definition) is 5. The molecule has 1 aromatic carbocycles. The van der Waals surface area contributed by atoms with Gasteiger partial charge in [0.15, 0.2) is 5.82 Å². The highest BCUT2D eigenvalue weighted by Gasteiger charge is 2.30. The van der Waals surface area contributed by atoms with E-state index in [4.69, 9.17) is 9.26 Å². The highest BCUT2D eigenvalue weighted by Crippen LogP contribution is 2.29. The van der Waals surface area contributed by atoms with E-state index in [2.05, 4.69) is 34.5 Å². The van der Waals surface area contributed by atoms with Gasteiger partial charge in [-0.3, -0.25) is 0 Å². The Hall–Kier alpha value is -2.41. The van der Waals surface area contributed by atoms with E-state index in [1.807, 2.05) is 17.0 Å². The molecule has 1 aromatic heterocycles. The smallest absolute Gasteiger partial charge is 0.317 e. The Morgan fingerprint density at radius 1 is 1.18 bits per heavy atom. The summed E-state index contributed by atoms with van der Waals surface area (Å²) in [4.78, 5) is 19.1. The monoisotopic (exact) mass is 384 g/mol. The maximum Gasteiger partial charge on any atom is 0.317 e. The van der Waals surface area contributed by atoms with E-state index in [-0.39, 0.29) is 11.9 Å². The first-order valence-electron chi connectivity index (χ1n) is 10.2. The van der Waals surface area contributed by atoms with Gasteiger partial charge in [-0.2, -0.15) is 4.98 Å². The van der Waals surface area contributed by atoms with Gasteiger partial charge >= 0.3 is 6.03 Å². The van der Waals surface area contributed by atoms with Crippen LogP contribution in [0, 0.1) is 6.92 Å². The number of aromatic nitrogens is 2. The van der Waals surface area contributed by atoms with Crippen molar-refractivity contribution in [2.75, 3.05) is 26.3 Å². The third kappa shape index (κ3) is 4.52. The van der Waals surface area contributed by atoms with Crippen LogP contribution in [-0.2, 0) is 11.3 Å². The lowest BCUT2D eigenvalue weighted by Gasteiger charge is -2.31. The molecule has 2 aliphatic heterocycles. The van der Waals surface area contributed by atoms with E-state index in [0.717, 1.165) is 56.8 Å². The minimum atomic E-state index is -0.0329. The van der Waals surface area contributed by atoms with Crippen LogP contribution in [0.4, 0.5) is 4.79 Å². The van der Waals surface area contributed by atoms with Gasteiger partial charge in [0.1, 0.15) is 0 Å². The molecule has 4 rings (SSSR count). The number of carbonyl (C=O) groups is 1. The quantitative estimate of drug-likeness (QED) is 0.874. The van der Waals surface area contributed by atoms with Gasteiger partial charge in [0, 0.05) is 38.8 Å². The summed E-state index contributed by atoms with van der Waals surface area (Å²) in [5.74, 6) is 1.89. The first kappa shape index (κ1) is 18.9. The molecule has 2 saturated heterocycles. The van der Waals surface area contributed by atoms with Gasteiger partial charge in [-0.15, -0.1) is 0 Å². The molecule has 0 bridgehead atoms. The second-order valence-corrected chi connectivity index (χ2v) is 7.81. The van der Waals surface area contributed by atoms with Crippen molar-refractivity contribution in [3.63, 3.8) is 0 Å². The minimum Gasteiger partial charge on any atom is -0.381 e. The van der Waals surface area contributed by atoms with Crippen LogP contribution in [0.25, 0.3) is 0 Å². The number of benzene rings is 1. The summed E-state index contributed by atoms with van der Waals surface area (Å²) in [7, 11) is 0. The van der Waals surface area contributed by atoms with Gasteiger partial charge in [0.2, 0.25) is 5.89 Å². The van der Waals surface area contributed by atoms with E-state index < -0.39 is 0 Å². The highest BCUT2D eigenvalue weighted by molar-refractivity contribution is 5.74. The molecule has 3 heterocycles. The van der Waals surface area contributed by atoms with Crippen molar-refractivity contribution in [1.29, 1.82) is 0 Å². The topological polar surface area (TPSA) is 80.5 Å². The molecule has 0 spiro atoms. The maximum absolute atomic E-state index is 12.6. The number of nitrogens with one attached hydrogen (secondary N) is 1. The molecule has 2 fully saturated rings. The summed E-state index contributed by atoms with van der Waals surface area (Å²) in [5.41, 5.74) is 2.32. The second-order valence-electron chi connectivity index (χ2n) is 7.81. The molecule has 7 heteroatoms. The summed E-state index contributed by atoms with van der Waals surface area (Å²) >= 11 is 0. The summed E-state index contributed by atoms with van der Waals surface area (Å²) in [6, 6.07) is 8.18. The molecule has 0 saturated carbocycles. The average molecular weight is 384 g/mol. The molecule has 2 aliphatic rings. The van der Waals surface area contributed by atoms with Gasteiger partial charge in [-0.1, -0.05) is 35.0 Å². The van der Waals surface area contributed by atoms with Crippen molar-refractivity contribution < 1.29 is 14.1 Å². The Morgan fingerprint density at radius 2 is 1.96 bits per heavy atom. The zero-order valence-electron chi connectivity index (χ0n) is 16.4. The number of nitrogens with zero attached hydrogens (tertiary/aromatic N) is 3. The van der Waals surface area contributed by atoms with Crippen molar-refractivity contribution in [3.8, 4) is 0 Å². The van der Waals surface area contributed by atoms with Gasteiger partial charge in [0.05, 0.1) is 5.92 Å². The molecule has 2 amide bonds. The number of ether oxygens (including phenoxy) is 1. The molecule has 7 nitrogen and oxygen atoms in total. The molecule has 150 valence electrons. The number of likely N-dealkylation sites (tertiary alicyclic amines) is 1. The zero-order chi connectivity index (χ0) is 19.3. The second kappa shape index (κ2) is 8.73. The van der Waals surface area contributed by atoms with Crippen LogP contribution in [0.5, 0.6) is 0 Å². The Labute approximate surface area is 165 Å². The SMILES string of the molecule is Cc1ccc(CNC(=O)N2CCCC(c3nc(C4CCOCC4)no3)C2)cc1. The molecular weight excluding hydrogens is 356 g/mol. The standard InChI is InChI=1S/C21H28N4O3/c1-15-4-6-16(7-5-15)13-22-21(26)25-10-2-3-18(14-25)20-23-19(24-28-20)17-8-11-27-12-9-17/h4-7,17-18H,2-3,8-14H2,1H3,(H,22,26). The van der Waals surface area contributed by atoms with Gasteiger partial charge < -0.3 is 19.5 Å². The normalized spacial score (nSPS) is 20.9. The van der Waals surface area contributed by atoms with Crippen LogP contribution < -0.4 is 5.32 Å². The van der Waals surface area contributed by atoms with E-state index in [1.165, 1.54) is 5.56 Å². The van der Waals surface area contributed by atoms with Crippen molar-refractivity contribution in [2.45, 2.75) is 51.0 Å². The molecule has 1 unspecified atom stereocenters. The lowest BCUT2D eigenvalue weighted by molar-refractivity contribution is 0.0830. The van der Waals surface area contributed by atoms with Crippen LogP contribution in [0.1, 0.15) is 60.4 Å². The number of aryl methyl sites for hydroxylation is 1. The predicted octanol–water partition coefficient (Wildman–Crippen LogP) is 3.36. The van der Waals surface area contributed by atoms with Crippen LogP contribution >= 0.6 is 0 Å². The van der Waals surface area contributed by atoms with Crippen LogP contribution in [-0.4, -0.2) is 47.4 Å². The number of piperidine rings is 1. The average Bonchev–Trinajstić information content (AvgIpc) is 3.24. The third-order valence-corrected chi connectivity index (χ3v) is 5.67. The summed E-state index contributed by atoms with van der Waals surface area (Å²) in [6.45, 7) is 5.49. The number of amides is 2. The molecule has 1 N–H and O–H groups in total. The van der Waals surface area contributed by atoms with Gasteiger partial charge in [-0.25, -0.2) is 4.79 Å². The fourth-order valence-electron chi connectivity index (χ4n) is 3.89. The van der Waals surface area contributed by atoms with E-state index in [1.54, 1.807) is 0 Å². The lowest BCUT2D eigenvalue weighted by Crippen LogP contribution is -2.44. The molecule has 0 aliphatic carbocycles. The van der Waals surface area contributed by atoms with E-state index >= 15 is 0 Å². The highest BCUT2D eigenvalue weighted by atomic mass is 16.5. The Kier molecular flexibility index (Phi) is 5.90. The fourth-order valence-corrected chi connectivity index (χ4v) is 3.89. The van der Waals surface area contributed by atoms with Gasteiger partial charge in [-0.05, 0) is 38.2 Å². The van der Waals surface area contributed by atoms with Crippen LogP contribution in [0.2, 0.25) is 0 Å². The number of rotatable bonds is 4. The van der Waals surface area contributed by atoms with Gasteiger partial charge in [0.25, 0.3) is 0 Å². The summed E-state index contributed by atoms with van der Waals surface area (Å²) in [5, 5.41) is 7.23. The maximum atomic E-state index is 12.6. The summed E-state index contributed by atoms with van der Waals surface area (Å²) < 4.78 is 11.0. The number of urea groups is 1. The fraction of sp³-hybridized carbons (Fsp3) is 0.571. The van der Waals surface area contributed by atoms with Crippen molar-refractivity contribution in [2.24, 2.45) is 0 Å². The van der Waals surface area contributed by atoms with E-state index in [0.29, 0.717) is 24.9 Å². The van der Waals surface area contributed by atoms with Crippen molar-refractivity contribution in [1.82, 2.24) is 20.4 Å². The number of carbonyl (C=O) groups excluding carboxylic acids is 1. The largest absolute Gasteiger partial charge is 0.381 e. The van der Waals surface area contributed by atoms with Crippen molar-refractivity contribution >= 4 is 6.03 Å². The Bertz CT molecular complexity index is 783. The molecule has 28 heavy (non-hydrogen) atoms. The molecule has 1 atom stereocenters. The van der Waals surface area contributed by atoms with Crippen LogP contribution in [0.15, 0.2) is 28.8 Å². The molecular formula is C21H28N4O3. The third-order valence-electron chi connectivity index (χ3n) is 5.67. The number of hydrogen-bond donors (Lipinski definition) is 1. The minimum absolute atomic E-state index is 0.0329. The predicted molar refractivity (Wildman–Crippen MR) is 104 cm³/mol. The van der Waals surface area contributed by atoms with Crippen molar-refractivity contribution in [3.05, 3.63) is 47.1 Å². The van der Waals surface area contributed by atoms with Crippen LogP contribution in [0.3, 0.4) is 0 Å². The Balaban J connectivity index is 1.32. The zero-order valence-corrected chi connectivity index (χ0v) is 16.4. The first-order chi connectivity index (χ1) is 13.7. The van der Waals surface area contributed by atoms with E-state index in [9.17, 15) is 4.79 Å². The molecule has 2 aromatic rings. The Morgan fingerprint density at radius 3 is 2.75 bits per heavy atom.